The Labute approximate surface area is 678 Å². The first-order valence-corrected chi connectivity index (χ1v) is 41.5. The van der Waals surface area contributed by atoms with Gasteiger partial charge in [-0.2, -0.15) is 0 Å². The van der Waals surface area contributed by atoms with Crippen LogP contribution in [-0.2, 0) is 10.8 Å². The third kappa shape index (κ3) is 12.8. The fourth-order valence-corrected chi connectivity index (χ4v) is 20.9. The van der Waals surface area contributed by atoms with Gasteiger partial charge in [0, 0.05) is 69.9 Å². The minimum absolute atomic E-state index is 0.0166. The molecule has 3 heteroatoms. The lowest BCUT2D eigenvalue weighted by molar-refractivity contribution is 0.266. The van der Waals surface area contributed by atoms with Crippen LogP contribution in [0.4, 0.5) is 0 Å². The number of nitrogens with zero attached hydrogens (tertiary/aromatic N) is 2. The first kappa shape index (κ1) is 71.3. The summed E-state index contributed by atoms with van der Waals surface area (Å²) in [5.74, 6) is 3.17. The van der Waals surface area contributed by atoms with Crippen LogP contribution >= 0.6 is 0 Å². The Morgan fingerprint density at radius 3 is 1.95 bits per heavy atom. The number of rotatable bonds is 14. The number of para-hydroxylation sites is 1. The molecule has 0 bridgehead atoms. The molecule has 3 aliphatic heterocycles. The van der Waals surface area contributed by atoms with Gasteiger partial charge >= 0.3 is 0 Å². The Morgan fingerprint density at radius 2 is 1.16 bits per heavy atom. The molecule has 1 saturated carbocycles. The average Bonchev–Trinajstić information content (AvgIpc) is 1.54. The molecule has 6 aliphatic carbocycles. The normalized spacial score (nSPS) is 24.4. The molecule has 0 aromatic heterocycles. The monoisotopic (exact) mass is 1480 g/mol. The van der Waals surface area contributed by atoms with Gasteiger partial charge in [0.05, 0.1) is 22.5 Å². The van der Waals surface area contributed by atoms with Crippen molar-refractivity contribution in [3.05, 3.63) is 489 Å². The molecular formula is C112H92N2O. The maximum absolute atomic E-state index is 6.97. The van der Waals surface area contributed by atoms with Crippen LogP contribution in [0.1, 0.15) is 149 Å². The highest BCUT2D eigenvalue weighted by Crippen LogP contribution is 2.72. The molecule has 9 unspecified atom stereocenters. The summed E-state index contributed by atoms with van der Waals surface area (Å²) in [7, 11) is 0. The van der Waals surface area contributed by atoms with E-state index in [0.29, 0.717) is 24.7 Å². The first-order chi connectivity index (χ1) is 56.7. The number of aliphatic imine (C=N–C) groups is 2. The van der Waals surface area contributed by atoms with E-state index in [4.69, 9.17) is 21.3 Å². The predicted molar refractivity (Wildman–Crippen MR) is 478 cm³/mol. The van der Waals surface area contributed by atoms with Gasteiger partial charge < -0.3 is 4.74 Å². The zero-order valence-electron chi connectivity index (χ0n) is 65.4. The van der Waals surface area contributed by atoms with Gasteiger partial charge in [-0.05, 0) is 192 Å². The van der Waals surface area contributed by atoms with Gasteiger partial charge in [-0.3, -0.25) is 9.98 Å². The SMILES string of the molecule is C=C1CC(c2ccc3c(c2)C2CC2C2(C)CC=CC=C2C3(c2ccccc2)C2C=CC=CC2c2cccc(C3=NC(c4ccc(-c5ccccc5)cc4)=CC(c4ccccc4)=CC3)c2)=CCC(C2=CC(c3ccccc3)=C=CCC(c3cccc(-c4ccccc4C4(c5ccccc5)C5=C(Oc6ccccc64)C(C)CC=C5)c3)=N2)C1. The highest BCUT2D eigenvalue weighted by atomic mass is 16.5. The lowest BCUT2D eigenvalue weighted by atomic mass is 9.50. The van der Waals surface area contributed by atoms with Crippen LogP contribution in [0.3, 0.4) is 0 Å². The van der Waals surface area contributed by atoms with Gasteiger partial charge in [0.15, 0.2) is 0 Å². The van der Waals surface area contributed by atoms with Gasteiger partial charge in [0.1, 0.15) is 11.5 Å². The van der Waals surface area contributed by atoms with Crippen molar-refractivity contribution in [3.63, 3.8) is 0 Å². The van der Waals surface area contributed by atoms with Crippen molar-refractivity contribution >= 4 is 33.8 Å². The third-order valence-corrected chi connectivity index (χ3v) is 26.4. The molecule has 0 amide bonds. The largest absolute Gasteiger partial charge is 0.461 e. The molecule has 11 aromatic rings. The lowest BCUT2D eigenvalue weighted by Gasteiger charge is -2.52. The minimum atomic E-state index is -0.658. The topological polar surface area (TPSA) is 34.0 Å². The van der Waals surface area contributed by atoms with Crippen molar-refractivity contribution in [3.8, 4) is 28.0 Å². The fraction of sp³-hybridized carbons (Fsp3) is 0.170. The highest BCUT2D eigenvalue weighted by Gasteiger charge is 2.63. The second-order valence-corrected chi connectivity index (χ2v) is 33.2. The van der Waals surface area contributed by atoms with Crippen molar-refractivity contribution in [1.82, 2.24) is 0 Å². The lowest BCUT2D eigenvalue weighted by Crippen LogP contribution is -2.46. The fourth-order valence-electron chi connectivity index (χ4n) is 20.9. The average molecular weight is 1480 g/mol. The van der Waals surface area contributed by atoms with Crippen LogP contribution in [0.2, 0.25) is 0 Å². The van der Waals surface area contributed by atoms with Gasteiger partial charge in [-0.25, -0.2) is 0 Å². The van der Waals surface area contributed by atoms with Crippen molar-refractivity contribution in [2.75, 3.05) is 0 Å². The van der Waals surface area contributed by atoms with Crippen molar-refractivity contribution in [2.24, 2.45) is 39.1 Å². The summed E-state index contributed by atoms with van der Waals surface area (Å²) in [6, 6.07) is 108. The maximum atomic E-state index is 6.97. The molecule has 1 fully saturated rings. The predicted octanol–water partition coefficient (Wildman–Crippen LogP) is 27.5. The van der Waals surface area contributed by atoms with E-state index in [2.05, 4.69) is 396 Å². The van der Waals surface area contributed by atoms with Crippen molar-refractivity contribution < 1.29 is 4.74 Å². The Hall–Kier alpha value is -12.8. The molecule has 0 saturated heterocycles. The van der Waals surface area contributed by atoms with Gasteiger partial charge in [-0.15, -0.1) is 5.73 Å². The maximum Gasteiger partial charge on any atom is 0.131 e. The van der Waals surface area contributed by atoms with Gasteiger partial charge in [0.2, 0.25) is 0 Å². The van der Waals surface area contributed by atoms with E-state index < -0.39 is 10.8 Å². The van der Waals surface area contributed by atoms with Crippen LogP contribution in [0.15, 0.2) is 427 Å². The van der Waals surface area contributed by atoms with E-state index in [1.165, 1.54) is 95.5 Å². The van der Waals surface area contributed by atoms with Crippen LogP contribution < -0.4 is 4.74 Å². The van der Waals surface area contributed by atoms with Crippen LogP contribution in [0.5, 0.6) is 5.75 Å². The Bertz CT molecular complexity index is 6160. The molecule has 0 radical (unpaired) electrons. The van der Waals surface area contributed by atoms with E-state index in [9.17, 15) is 0 Å². The quantitative estimate of drug-likeness (QED) is 0.0789. The minimum Gasteiger partial charge on any atom is -0.461 e. The molecule has 9 atom stereocenters. The number of fused-ring (bicyclic) bond motifs is 6. The number of allylic oxidation sites excluding steroid dienone is 21. The van der Waals surface area contributed by atoms with E-state index >= 15 is 0 Å². The molecule has 115 heavy (non-hydrogen) atoms. The standard InChI is InChI=1S/C112H92N2O/c1-75-67-83(60-61-90(68-75)106-72-82(78-34-11-5-12-35-78)38-30-53-103(113-106)88-41-28-39-86(69-88)93-47-19-21-49-97(93)111(91-43-15-7-16-44-91)100-51-23-24-54-107(100)115-109-76(2)31-27-52-101(109)111)84-62-64-99-95(71-84)96-74-102(96)110(3)66-26-25-55-108(110)112(99,92-45-17-8-18-46-92)98-50-22-20-48-94(98)87-40-29-42-89(70-87)104-65-63-85(79-36-13-6-14-37-79)73-105(114-104)81-58-56-80(57-59-81)77-32-9-4-10-33-77/h4-30,32-37,39-52,54-60,62-64,69-73,76,90,94,96,98,102H,1,31,53,61,65-68,74H2,2-3H3. The molecule has 9 aliphatic rings. The van der Waals surface area contributed by atoms with Gasteiger partial charge in [-0.1, -0.05) is 366 Å². The molecule has 3 nitrogen and oxygen atoms in total. The molecule has 3 heterocycles. The molecular weight excluding hydrogens is 1390 g/mol. The molecule has 0 N–H and O–H groups in total. The zero-order chi connectivity index (χ0) is 77.0. The smallest absolute Gasteiger partial charge is 0.131 e. The second kappa shape index (κ2) is 30.0. The third-order valence-electron chi connectivity index (χ3n) is 26.4. The van der Waals surface area contributed by atoms with E-state index in [0.717, 1.165) is 105 Å². The summed E-state index contributed by atoms with van der Waals surface area (Å²) in [5, 5.41) is 0. The summed E-state index contributed by atoms with van der Waals surface area (Å²) in [5.41, 5.74) is 35.0. The van der Waals surface area contributed by atoms with Crippen LogP contribution in [0, 0.1) is 29.1 Å². The summed E-state index contributed by atoms with van der Waals surface area (Å²) < 4.78 is 6.97. The highest BCUT2D eigenvalue weighted by molar-refractivity contribution is 6.07. The summed E-state index contributed by atoms with van der Waals surface area (Å²) in [6.45, 7) is 9.90. The summed E-state index contributed by atoms with van der Waals surface area (Å²) >= 11 is 0. The van der Waals surface area contributed by atoms with Gasteiger partial charge in [0.25, 0.3) is 0 Å². The Kier molecular flexibility index (Phi) is 18.6. The Balaban J connectivity index is 0.667. The summed E-state index contributed by atoms with van der Waals surface area (Å²) in [6.07, 6.45) is 40.4. The zero-order valence-corrected chi connectivity index (χ0v) is 65.4. The molecule has 556 valence electrons. The van der Waals surface area contributed by atoms with Crippen molar-refractivity contribution in [1.29, 1.82) is 0 Å². The number of ether oxygens (including phenoxy) is 1. The summed E-state index contributed by atoms with van der Waals surface area (Å²) in [4.78, 5) is 11.6. The molecule has 0 spiro atoms. The Morgan fingerprint density at radius 1 is 0.513 bits per heavy atom. The molecule has 11 aromatic carbocycles. The van der Waals surface area contributed by atoms with Crippen molar-refractivity contribution in [2.45, 2.75) is 87.9 Å². The molecule has 20 rings (SSSR count). The van der Waals surface area contributed by atoms with E-state index in [1.807, 2.05) is 0 Å². The van der Waals surface area contributed by atoms with Crippen LogP contribution in [-0.4, -0.2) is 11.4 Å². The van der Waals surface area contributed by atoms with E-state index in [1.54, 1.807) is 0 Å². The van der Waals surface area contributed by atoms with Crippen LogP contribution in [0.25, 0.3) is 44.7 Å². The number of hydrogen-bond donors (Lipinski definition) is 0. The van der Waals surface area contributed by atoms with E-state index in [-0.39, 0.29) is 29.1 Å². The second-order valence-electron chi connectivity index (χ2n) is 33.2. The first-order valence-electron chi connectivity index (χ1n) is 41.5. The number of benzene rings is 11. The number of hydrogen-bond acceptors (Lipinski definition) is 3.